The highest BCUT2D eigenvalue weighted by Gasteiger charge is 2.57. The summed E-state index contributed by atoms with van der Waals surface area (Å²) in [5.74, 6) is -1.99. The number of nitrogens with zero attached hydrogens (tertiary/aromatic N) is 3. The van der Waals surface area contributed by atoms with E-state index in [0.29, 0.717) is 16.7 Å². The van der Waals surface area contributed by atoms with Gasteiger partial charge in [0.1, 0.15) is 11.7 Å². The number of β-amino-alcohol motifs (C(OH)–C–C–N with tert-alkyl or cyclic N) is 1. The molecule has 3 amide bonds. The Balaban J connectivity index is 1.36. The van der Waals surface area contributed by atoms with E-state index in [1.165, 1.54) is 34.2 Å². The number of pyridine rings is 1. The van der Waals surface area contributed by atoms with Crippen LogP contribution >= 0.6 is 0 Å². The van der Waals surface area contributed by atoms with Crippen molar-refractivity contribution in [3.63, 3.8) is 0 Å². The molecular weight excluding hydrogens is 484 g/mol. The number of benzene rings is 1. The summed E-state index contributed by atoms with van der Waals surface area (Å²) in [6, 6.07) is 5.26. The summed E-state index contributed by atoms with van der Waals surface area (Å²) >= 11 is 0. The smallest absolute Gasteiger partial charge is 0.379 e. The van der Waals surface area contributed by atoms with Crippen LogP contribution in [0.4, 0.5) is 17.6 Å². The summed E-state index contributed by atoms with van der Waals surface area (Å²) in [6.45, 7) is -0.708. The number of hydrogen-bond donors (Lipinski definition) is 2. The minimum atomic E-state index is -4.77. The van der Waals surface area contributed by atoms with Gasteiger partial charge in [-0.25, -0.2) is 4.39 Å². The van der Waals surface area contributed by atoms with Gasteiger partial charge in [0, 0.05) is 55.5 Å². The van der Waals surface area contributed by atoms with E-state index in [0.717, 1.165) is 0 Å². The van der Waals surface area contributed by atoms with Crippen LogP contribution in [-0.4, -0.2) is 68.5 Å². The Hall–Kier alpha value is -3.38. The second kappa shape index (κ2) is 8.63. The van der Waals surface area contributed by atoms with E-state index in [4.69, 9.17) is 0 Å². The van der Waals surface area contributed by atoms with Gasteiger partial charge in [0.05, 0.1) is 0 Å². The molecule has 2 atom stereocenters. The predicted octanol–water partition coefficient (Wildman–Crippen LogP) is 2.15. The van der Waals surface area contributed by atoms with Crippen molar-refractivity contribution in [3.05, 3.63) is 53.0 Å². The van der Waals surface area contributed by atoms with Crippen molar-refractivity contribution < 1.29 is 37.1 Å². The second-order valence-corrected chi connectivity index (χ2v) is 9.39. The third-order valence-electron chi connectivity index (χ3n) is 7.01. The minimum Gasteiger partial charge on any atom is -0.379 e. The predicted molar refractivity (Wildman–Crippen MR) is 117 cm³/mol. The summed E-state index contributed by atoms with van der Waals surface area (Å²) < 4.78 is 54.7. The van der Waals surface area contributed by atoms with Crippen LogP contribution in [0.3, 0.4) is 0 Å². The van der Waals surface area contributed by atoms with E-state index < -0.39 is 42.5 Å². The fourth-order valence-corrected chi connectivity index (χ4v) is 5.01. The van der Waals surface area contributed by atoms with Gasteiger partial charge in [-0.1, -0.05) is 6.07 Å². The molecule has 12 heteroatoms. The lowest BCUT2D eigenvalue weighted by atomic mass is 10.0. The normalized spacial score (nSPS) is 24.9. The molecule has 2 saturated heterocycles. The molecule has 190 valence electrons. The van der Waals surface area contributed by atoms with Crippen LogP contribution in [-0.2, 0) is 22.7 Å². The zero-order valence-electron chi connectivity index (χ0n) is 18.9. The fraction of sp³-hybridized carbons (Fsp3) is 0.417. The summed E-state index contributed by atoms with van der Waals surface area (Å²) in [7, 11) is 0. The number of carbonyl (C=O) groups excluding carboxylic acids is 3. The molecule has 0 spiro atoms. The van der Waals surface area contributed by atoms with Crippen LogP contribution in [0.2, 0.25) is 0 Å². The topological polar surface area (TPSA) is 103 Å². The zero-order valence-corrected chi connectivity index (χ0v) is 18.9. The largest absolute Gasteiger partial charge is 0.418 e. The number of alkyl halides is 3. The fourth-order valence-electron chi connectivity index (χ4n) is 5.01. The van der Waals surface area contributed by atoms with Crippen molar-refractivity contribution in [1.82, 2.24) is 20.1 Å². The van der Waals surface area contributed by atoms with Crippen molar-refractivity contribution in [1.29, 1.82) is 0 Å². The third kappa shape index (κ3) is 4.13. The molecule has 3 aliphatic rings. The van der Waals surface area contributed by atoms with Crippen molar-refractivity contribution in [2.24, 2.45) is 0 Å². The number of aliphatic hydroxyl groups is 1. The molecule has 5 rings (SSSR count). The first-order chi connectivity index (χ1) is 17.0. The van der Waals surface area contributed by atoms with Crippen molar-refractivity contribution in [2.75, 3.05) is 13.1 Å². The van der Waals surface area contributed by atoms with Gasteiger partial charge < -0.3 is 10.0 Å². The molecule has 2 aromatic rings. The van der Waals surface area contributed by atoms with Gasteiger partial charge in [0.25, 0.3) is 5.91 Å². The van der Waals surface area contributed by atoms with Crippen LogP contribution in [0, 0.1) is 5.82 Å². The van der Waals surface area contributed by atoms with Gasteiger partial charge in [-0.2, -0.15) is 13.2 Å². The number of carbonyl (C=O) groups is 3. The molecule has 4 heterocycles. The SMILES string of the molecule is O=C1CCC(N2Cc3cc(-c4nccc(CN5CCC(O)(C(F)(F)F)C5)c4F)ccc3C2=O)C(=O)N1. The number of fused-ring (bicyclic) bond motifs is 1. The van der Waals surface area contributed by atoms with E-state index in [9.17, 15) is 32.7 Å². The lowest BCUT2D eigenvalue weighted by Gasteiger charge is -2.29. The summed E-state index contributed by atoms with van der Waals surface area (Å²) in [5, 5.41) is 12.1. The Morgan fingerprint density at radius 2 is 1.97 bits per heavy atom. The lowest BCUT2D eigenvalue weighted by molar-refractivity contribution is -0.254. The van der Waals surface area contributed by atoms with Crippen molar-refractivity contribution in [3.8, 4) is 11.3 Å². The Morgan fingerprint density at radius 1 is 1.19 bits per heavy atom. The highest BCUT2D eigenvalue weighted by atomic mass is 19.4. The first-order valence-corrected chi connectivity index (χ1v) is 11.4. The van der Waals surface area contributed by atoms with Gasteiger partial charge in [0.2, 0.25) is 11.8 Å². The molecule has 0 bridgehead atoms. The Morgan fingerprint density at radius 3 is 2.67 bits per heavy atom. The lowest BCUT2D eigenvalue weighted by Crippen LogP contribution is -2.52. The monoisotopic (exact) mass is 506 g/mol. The summed E-state index contributed by atoms with van der Waals surface area (Å²) in [4.78, 5) is 43.4. The Labute approximate surface area is 202 Å². The molecule has 2 N–H and O–H groups in total. The number of likely N-dealkylation sites (tertiary alicyclic amines) is 1. The standard InChI is InChI=1S/C24H22F4N4O4/c25-19-14(10-31-8-6-23(36,12-31)24(26,27)28)5-7-29-20(19)13-1-2-16-15(9-13)11-32(22(16)35)17-3-4-18(33)30-21(17)34/h1-2,5,7,9,17,36H,3-4,6,8,10-12H2,(H,30,33,34). The highest BCUT2D eigenvalue weighted by molar-refractivity contribution is 6.05. The van der Waals surface area contributed by atoms with Crippen LogP contribution in [0.1, 0.15) is 40.7 Å². The number of amides is 3. The molecule has 8 nitrogen and oxygen atoms in total. The van der Waals surface area contributed by atoms with E-state index in [1.807, 2.05) is 0 Å². The molecule has 1 aromatic carbocycles. The molecule has 3 aliphatic heterocycles. The molecule has 0 radical (unpaired) electrons. The van der Waals surface area contributed by atoms with Crippen molar-refractivity contribution in [2.45, 2.75) is 50.2 Å². The first kappa shape index (κ1) is 24.3. The van der Waals surface area contributed by atoms with Gasteiger partial charge in [-0.05, 0) is 36.6 Å². The third-order valence-corrected chi connectivity index (χ3v) is 7.01. The molecular formula is C24H22F4N4O4. The van der Waals surface area contributed by atoms with Crippen LogP contribution in [0.15, 0.2) is 30.5 Å². The van der Waals surface area contributed by atoms with E-state index in [1.54, 1.807) is 6.07 Å². The molecule has 1 aromatic heterocycles. The maximum Gasteiger partial charge on any atom is 0.418 e. The average Bonchev–Trinajstić information content (AvgIpc) is 3.35. The number of aromatic nitrogens is 1. The van der Waals surface area contributed by atoms with Gasteiger partial charge >= 0.3 is 6.18 Å². The maximum atomic E-state index is 15.4. The first-order valence-electron chi connectivity index (χ1n) is 11.4. The second-order valence-electron chi connectivity index (χ2n) is 9.39. The van der Waals surface area contributed by atoms with Crippen LogP contribution < -0.4 is 5.32 Å². The number of halogens is 4. The van der Waals surface area contributed by atoms with Crippen molar-refractivity contribution >= 4 is 17.7 Å². The number of piperidine rings is 1. The van der Waals surface area contributed by atoms with Gasteiger partial charge in [0.15, 0.2) is 11.4 Å². The van der Waals surface area contributed by atoms with E-state index >= 15 is 4.39 Å². The average molecular weight is 506 g/mol. The van der Waals surface area contributed by atoms with Gasteiger partial charge in [-0.3, -0.25) is 29.6 Å². The molecule has 2 unspecified atom stereocenters. The number of hydrogen-bond acceptors (Lipinski definition) is 6. The number of rotatable bonds is 4. The molecule has 0 saturated carbocycles. The van der Waals surface area contributed by atoms with E-state index in [2.05, 4.69) is 10.3 Å². The number of imide groups is 1. The Kier molecular flexibility index (Phi) is 5.83. The molecule has 36 heavy (non-hydrogen) atoms. The van der Waals surface area contributed by atoms with Crippen LogP contribution in [0.5, 0.6) is 0 Å². The minimum absolute atomic E-state index is 0.0208. The van der Waals surface area contributed by atoms with Crippen LogP contribution in [0.25, 0.3) is 11.3 Å². The number of nitrogens with one attached hydrogen (secondary N) is 1. The Bertz CT molecular complexity index is 1270. The summed E-state index contributed by atoms with van der Waals surface area (Å²) in [5.41, 5.74) is -1.40. The molecule has 0 aliphatic carbocycles. The zero-order chi connectivity index (χ0) is 25.8. The quantitative estimate of drug-likeness (QED) is 0.487. The maximum absolute atomic E-state index is 15.4. The van der Waals surface area contributed by atoms with E-state index in [-0.39, 0.29) is 55.5 Å². The van der Waals surface area contributed by atoms with Gasteiger partial charge in [-0.15, -0.1) is 0 Å². The molecule has 2 fully saturated rings. The summed E-state index contributed by atoms with van der Waals surface area (Å²) in [6.07, 6.45) is -3.56. The highest BCUT2D eigenvalue weighted by Crippen LogP contribution is 2.38.